The Balaban J connectivity index is 1.35. The lowest BCUT2D eigenvalue weighted by atomic mass is 10.00. The van der Waals surface area contributed by atoms with E-state index in [1.807, 2.05) is 41.3 Å². The Hall–Kier alpha value is -1.91. The van der Waals surface area contributed by atoms with Gasteiger partial charge in [0.1, 0.15) is 11.9 Å². The van der Waals surface area contributed by atoms with Gasteiger partial charge in [0.05, 0.1) is 0 Å². The van der Waals surface area contributed by atoms with Crippen molar-refractivity contribution in [1.82, 2.24) is 10.2 Å². The summed E-state index contributed by atoms with van der Waals surface area (Å²) in [6, 6.07) is 15.7. The number of hydrogen-bond donors (Lipinski definition) is 1. The van der Waals surface area contributed by atoms with E-state index in [2.05, 4.69) is 5.32 Å². The lowest BCUT2D eigenvalue weighted by Crippen LogP contribution is -2.52. The molecule has 4 nitrogen and oxygen atoms in total. The maximum atomic E-state index is 12.8. The van der Waals surface area contributed by atoms with Gasteiger partial charge in [0.15, 0.2) is 0 Å². The predicted octanol–water partition coefficient (Wildman–Crippen LogP) is 5.28. The average molecular weight is 405 g/mol. The van der Waals surface area contributed by atoms with Gasteiger partial charge in [-0.2, -0.15) is 0 Å². The SMILES string of the molecule is O=C(NCc1ccc(Cl)cc1Cl)N1C2CCC1CC(Oc1ccccc1)C2. The molecule has 6 heteroatoms. The zero-order valence-corrected chi connectivity index (χ0v) is 16.4. The Labute approximate surface area is 169 Å². The van der Waals surface area contributed by atoms with Gasteiger partial charge in [-0.3, -0.25) is 0 Å². The number of nitrogens with one attached hydrogen (secondary N) is 1. The fraction of sp³-hybridized carbons (Fsp3) is 0.381. The van der Waals surface area contributed by atoms with E-state index in [9.17, 15) is 4.79 Å². The predicted molar refractivity (Wildman–Crippen MR) is 107 cm³/mol. The van der Waals surface area contributed by atoms with Crippen molar-refractivity contribution < 1.29 is 9.53 Å². The van der Waals surface area contributed by atoms with Crippen molar-refractivity contribution in [3.05, 3.63) is 64.1 Å². The third kappa shape index (κ3) is 4.17. The highest BCUT2D eigenvalue weighted by atomic mass is 35.5. The molecule has 142 valence electrons. The smallest absolute Gasteiger partial charge is 0.318 e. The van der Waals surface area contributed by atoms with Gasteiger partial charge >= 0.3 is 6.03 Å². The summed E-state index contributed by atoms with van der Waals surface area (Å²) >= 11 is 12.1. The number of urea groups is 1. The van der Waals surface area contributed by atoms with E-state index in [1.54, 1.807) is 12.1 Å². The number of hydrogen-bond acceptors (Lipinski definition) is 2. The number of carbonyl (C=O) groups excluding carboxylic acids is 1. The van der Waals surface area contributed by atoms with Crippen molar-refractivity contribution in [2.24, 2.45) is 0 Å². The third-order valence-electron chi connectivity index (χ3n) is 5.42. The maximum Gasteiger partial charge on any atom is 0.318 e. The molecule has 0 saturated carbocycles. The molecule has 2 fully saturated rings. The van der Waals surface area contributed by atoms with E-state index in [1.165, 1.54) is 0 Å². The zero-order valence-electron chi connectivity index (χ0n) is 14.9. The number of amides is 2. The molecule has 27 heavy (non-hydrogen) atoms. The molecule has 2 saturated heterocycles. The minimum absolute atomic E-state index is 0.0216. The minimum Gasteiger partial charge on any atom is -0.490 e. The molecule has 1 N–H and O–H groups in total. The second-order valence-corrected chi connectivity index (χ2v) is 8.05. The molecule has 2 unspecified atom stereocenters. The zero-order chi connectivity index (χ0) is 18.8. The summed E-state index contributed by atoms with van der Waals surface area (Å²) in [6.07, 6.45) is 3.99. The number of ether oxygens (including phenoxy) is 1. The first kappa shape index (κ1) is 18.5. The van der Waals surface area contributed by atoms with Crippen LogP contribution in [0.5, 0.6) is 5.75 Å². The molecular weight excluding hydrogens is 383 g/mol. The van der Waals surface area contributed by atoms with Crippen LogP contribution in [-0.2, 0) is 6.54 Å². The molecule has 2 amide bonds. The molecule has 2 atom stereocenters. The van der Waals surface area contributed by atoms with Gasteiger partial charge in [0.2, 0.25) is 0 Å². The largest absolute Gasteiger partial charge is 0.490 e. The van der Waals surface area contributed by atoms with Crippen molar-refractivity contribution >= 4 is 29.2 Å². The molecule has 2 aliphatic heterocycles. The first-order valence-corrected chi connectivity index (χ1v) is 10.1. The van der Waals surface area contributed by atoms with E-state index in [-0.39, 0.29) is 24.2 Å². The van der Waals surface area contributed by atoms with Crippen molar-refractivity contribution in [2.45, 2.75) is 50.4 Å². The van der Waals surface area contributed by atoms with Crippen molar-refractivity contribution in [1.29, 1.82) is 0 Å². The van der Waals surface area contributed by atoms with Crippen molar-refractivity contribution in [2.75, 3.05) is 0 Å². The van der Waals surface area contributed by atoms with E-state index in [4.69, 9.17) is 27.9 Å². The summed E-state index contributed by atoms with van der Waals surface area (Å²) in [5.41, 5.74) is 0.865. The van der Waals surface area contributed by atoms with Crippen LogP contribution < -0.4 is 10.1 Å². The van der Waals surface area contributed by atoms with E-state index >= 15 is 0 Å². The monoisotopic (exact) mass is 404 g/mol. The number of halogens is 2. The fourth-order valence-corrected chi connectivity index (χ4v) is 4.65. The molecule has 2 aliphatic rings. The summed E-state index contributed by atoms with van der Waals surface area (Å²) in [4.78, 5) is 14.8. The van der Waals surface area contributed by atoms with Crippen LogP contribution in [0.2, 0.25) is 10.0 Å². The summed E-state index contributed by atoms with van der Waals surface area (Å²) in [6.45, 7) is 0.398. The second-order valence-electron chi connectivity index (χ2n) is 7.21. The summed E-state index contributed by atoms with van der Waals surface area (Å²) < 4.78 is 6.13. The lowest BCUT2D eigenvalue weighted by Gasteiger charge is -2.38. The van der Waals surface area contributed by atoms with Crippen LogP contribution in [0.1, 0.15) is 31.2 Å². The average Bonchev–Trinajstić information content (AvgIpc) is 2.92. The summed E-state index contributed by atoms with van der Waals surface area (Å²) in [5.74, 6) is 0.900. The number of benzene rings is 2. The molecule has 2 bridgehead atoms. The maximum absolute atomic E-state index is 12.8. The van der Waals surface area contributed by atoms with Gasteiger partial charge in [0, 0.05) is 41.5 Å². The molecule has 2 aromatic carbocycles. The number of piperidine rings is 1. The summed E-state index contributed by atoms with van der Waals surface area (Å²) in [7, 11) is 0. The highest BCUT2D eigenvalue weighted by Crippen LogP contribution is 2.37. The molecule has 2 heterocycles. The lowest BCUT2D eigenvalue weighted by molar-refractivity contribution is 0.0686. The molecule has 0 spiro atoms. The van der Waals surface area contributed by atoms with Crippen LogP contribution in [0.4, 0.5) is 4.79 Å². The molecule has 2 aromatic rings. The minimum atomic E-state index is -0.0216. The van der Waals surface area contributed by atoms with Crippen LogP contribution in [0, 0.1) is 0 Å². The van der Waals surface area contributed by atoms with E-state index in [0.29, 0.717) is 16.6 Å². The number of carbonyl (C=O) groups is 1. The van der Waals surface area contributed by atoms with Gasteiger partial charge in [-0.15, -0.1) is 0 Å². The number of para-hydroxylation sites is 1. The Bertz CT molecular complexity index is 801. The fourth-order valence-electron chi connectivity index (χ4n) is 4.17. The van der Waals surface area contributed by atoms with Gasteiger partial charge in [-0.25, -0.2) is 4.79 Å². The van der Waals surface area contributed by atoms with Gasteiger partial charge < -0.3 is 15.0 Å². The Morgan fingerprint density at radius 1 is 1.07 bits per heavy atom. The summed E-state index contributed by atoms with van der Waals surface area (Å²) in [5, 5.41) is 4.17. The Morgan fingerprint density at radius 3 is 2.44 bits per heavy atom. The number of fused-ring (bicyclic) bond motifs is 2. The normalized spacial score (nSPS) is 23.9. The number of nitrogens with zero attached hydrogens (tertiary/aromatic N) is 1. The van der Waals surface area contributed by atoms with Gasteiger partial charge in [-0.1, -0.05) is 47.5 Å². The third-order valence-corrected chi connectivity index (χ3v) is 6.00. The topological polar surface area (TPSA) is 41.6 Å². The highest BCUT2D eigenvalue weighted by Gasteiger charge is 2.44. The first-order chi connectivity index (χ1) is 13.1. The molecular formula is C21H22Cl2N2O2. The molecule has 0 aliphatic carbocycles. The van der Waals surface area contributed by atoms with Crippen LogP contribution >= 0.6 is 23.2 Å². The highest BCUT2D eigenvalue weighted by molar-refractivity contribution is 6.35. The number of rotatable bonds is 4. The van der Waals surface area contributed by atoms with Crippen molar-refractivity contribution in [3.8, 4) is 5.75 Å². The second kappa shape index (κ2) is 7.99. The molecule has 4 rings (SSSR count). The van der Waals surface area contributed by atoms with E-state index < -0.39 is 0 Å². The van der Waals surface area contributed by atoms with Gasteiger partial charge in [-0.05, 0) is 42.7 Å². The molecule has 0 aromatic heterocycles. The van der Waals surface area contributed by atoms with Crippen LogP contribution in [0.3, 0.4) is 0 Å². The Kier molecular flexibility index (Phi) is 5.46. The van der Waals surface area contributed by atoms with Crippen molar-refractivity contribution in [3.63, 3.8) is 0 Å². The van der Waals surface area contributed by atoms with E-state index in [0.717, 1.165) is 37.0 Å². The van der Waals surface area contributed by atoms with Crippen LogP contribution in [0.25, 0.3) is 0 Å². The molecule has 0 radical (unpaired) electrons. The first-order valence-electron chi connectivity index (χ1n) is 9.32. The van der Waals surface area contributed by atoms with Crippen LogP contribution in [-0.4, -0.2) is 29.1 Å². The standard InChI is InChI=1S/C21H22Cl2N2O2/c22-15-7-6-14(20(23)10-15)13-24-21(26)25-16-8-9-17(25)12-19(11-16)27-18-4-2-1-3-5-18/h1-7,10,16-17,19H,8-9,11-13H2,(H,24,26). The van der Waals surface area contributed by atoms with Crippen LogP contribution in [0.15, 0.2) is 48.5 Å². The Morgan fingerprint density at radius 2 is 1.78 bits per heavy atom. The van der Waals surface area contributed by atoms with Gasteiger partial charge in [0.25, 0.3) is 0 Å². The quantitative estimate of drug-likeness (QED) is 0.752.